The molecule has 0 radical (unpaired) electrons. The van der Waals surface area contributed by atoms with Crippen LogP contribution in [0.1, 0.15) is 16.9 Å². The molecule has 2 heterocycles. The highest BCUT2D eigenvalue weighted by molar-refractivity contribution is 6.31. The van der Waals surface area contributed by atoms with Gasteiger partial charge in [-0.05, 0) is 30.7 Å². The number of carbonyl (C=O) groups excluding carboxylic acids is 1. The molecule has 0 saturated carbocycles. The number of aromatic nitrogens is 1. The molecule has 0 bridgehead atoms. The second-order valence-corrected chi connectivity index (χ2v) is 6.11. The molecule has 1 aromatic heterocycles. The van der Waals surface area contributed by atoms with Gasteiger partial charge >= 0.3 is 6.09 Å². The van der Waals surface area contributed by atoms with Gasteiger partial charge in [0.1, 0.15) is 5.69 Å². The van der Waals surface area contributed by atoms with E-state index in [1.807, 2.05) is 6.07 Å². The Bertz CT molecular complexity index is 760. The molecule has 3 rings (SSSR count). The maximum atomic E-state index is 12.4. The van der Waals surface area contributed by atoms with Crippen LogP contribution >= 0.6 is 11.6 Å². The van der Waals surface area contributed by atoms with Crippen molar-refractivity contribution < 1.29 is 14.7 Å². The summed E-state index contributed by atoms with van der Waals surface area (Å²) in [6, 6.07) is 6.39. The van der Waals surface area contributed by atoms with Crippen LogP contribution in [-0.4, -0.2) is 52.2 Å². The summed E-state index contributed by atoms with van der Waals surface area (Å²) in [6.45, 7) is 0.568. The van der Waals surface area contributed by atoms with Crippen LogP contribution in [0.15, 0.2) is 24.3 Å². The number of aromatic amines is 1. The second kappa shape index (κ2) is 6.10. The average Bonchev–Trinajstić information content (AvgIpc) is 2.92. The number of hydrogen-bond donors (Lipinski definition) is 4. The van der Waals surface area contributed by atoms with Gasteiger partial charge in [-0.2, -0.15) is 0 Å². The SMILES string of the molecule is NC1CN(C(=O)O)CCC1NC(=O)c1cc2cc(Cl)ccc2[nH]1. The van der Waals surface area contributed by atoms with E-state index in [1.165, 1.54) is 4.90 Å². The maximum absolute atomic E-state index is 12.4. The van der Waals surface area contributed by atoms with Crippen LogP contribution in [0.5, 0.6) is 0 Å². The minimum absolute atomic E-state index is 0.211. The van der Waals surface area contributed by atoms with Gasteiger partial charge in [0.15, 0.2) is 0 Å². The van der Waals surface area contributed by atoms with Gasteiger partial charge < -0.3 is 26.0 Å². The number of H-pyrrole nitrogens is 1. The summed E-state index contributed by atoms with van der Waals surface area (Å²) in [7, 11) is 0. The number of nitrogens with two attached hydrogens (primary N) is 1. The van der Waals surface area contributed by atoms with Crippen molar-refractivity contribution in [3.05, 3.63) is 35.0 Å². The smallest absolute Gasteiger partial charge is 0.407 e. The molecule has 0 spiro atoms. The van der Waals surface area contributed by atoms with Crippen molar-refractivity contribution in [3.63, 3.8) is 0 Å². The highest BCUT2D eigenvalue weighted by Gasteiger charge is 2.30. The molecule has 23 heavy (non-hydrogen) atoms. The Labute approximate surface area is 137 Å². The molecule has 5 N–H and O–H groups in total. The van der Waals surface area contributed by atoms with Gasteiger partial charge in [0.2, 0.25) is 0 Å². The van der Waals surface area contributed by atoms with E-state index in [-0.39, 0.29) is 18.5 Å². The van der Waals surface area contributed by atoms with Crippen molar-refractivity contribution in [3.8, 4) is 0 Å². The first-order valence-electron chi connectivity index (χ1n) is 7.26. The normalized spacial score (nSPS) is 21.4. The first-order chi connectivity index (χ1) is 10.9. The number of hydrogen-bond acceptors (Lipinski definition) is 3. The number of benzene rings is 1. The molecule has 0 aliphatic carbocycles. The number of nitrogens with zero attached hydrogens (tertiary/aromatic N) is 1. The van der Waals surface area contributed by atoms with Crippen LogP contribution in [0.2, 0.25) is 5.02 Å². The van der Waals surface area contributed by atoms with Crippen LogP contribution in [0, 0.1) is 0 Å². The van der Waals surface area contributed by atoms with E-state index < -0.39 is 12.1 Å². The highest BCUT2D eigenvalue weighted by atomic mass is 35.5. The van der Waals surface area contributed by atoms with E-state index >= 15 is 0 Å². The summed E-state index contributed by atoms with van der Waals surface area (Å²) in [5.41, 5.74) is 7.23. The number of carbonyl (C=O) groups is 2. The first-order valence-corrected chi connectivity index (χ1v) is 7.64. The van der Waals surface area contributed by atoms with Crippen LogP contribution in [0.4, 0.5) is 4.79 Å². The number of fused-ring (bicyclic) bond motifs is 1. The monoisotopic (exact) mass is 336 g/mol. The van der Waals surface area contributed by atoms with Crippen molar-refractivity contribution in [2.75, 3.05) is 13.1 Å². The first kappa shape index (κ1) is 15.6. The lowest BCUT2D eigenvalue weighted by Crippen LogP contribution is -2.58. The lowest BCUT2D eigenvalue weighted by Gasteiger charge is -2.35. The fourth-order valence-electron chi connectivity index (χ4n) is 2.81. The summed E-state index contributed by atoms with van der Waals surface area (Å²) >= 11 is 5.94. The Balaban J connectivity index is 1.69. The summed E-state index contributed by atoms with van der Waals surface area (Å²) in [5, 5.41) is 13.3. The number of nitrogens with one attached hydrogen (secondary N) is 2. The topological polar surface area (TPSA) is 111 Å². The van der Waals surface area contributed by atoms with Gasteiger partial charge in [0.05, 0.1) is 0 Å². The summed E-state index contributed by atoms with van der Waals surface area (Å²) in [6.07, 6.45) is -0.497. The van der Waals surface area contributed by atoms with E-state index in [9.17, 15) is 9.59 Å². The van der Waals surface area contributed by atoms with Gasteiger partial charge in [-0.25, -0.2) is 4.79 Å². The van der Waals surface area contributed by atoms with Gasteiger partial charge in [0.25, 0.3) is 5.91 Å². The quantitative estimate of drug-likeness (QED) is 0.667. The van der Waals surface area contributed by atoms with Crippen molar-refractivity contribution >= 4 is 34.5 Å². The molecule has 2 atom stereocenters. The Morgan fingerprint density at radius 2 is 2.17 bits per heavy atom. The molecule has 8 heteroatoms. The third kappa shape index (κ3) is 3.25. The largest absolute Gasteiger partial charge is 0.465 e. The predicted molar refractivity (Wildman–Crippen MR) is 86.8 cm³/mol. The van der Waals surface area contributed by atoms with Crippen LogP contribution in [0.25, 0.3) is 10.9 Å². The zero-order valence-electron chi connectivity index (χ0n) is 12.3. The minimum atomic E-state index is -0.988. The Morgan fingerprint density at radius 3 is 2.87 bits per heavy atom. The third-order valence-corrected chi connectivity index (χ3v) is 4.31. The number of amides is 2. The second-order valence-electron chi connectivity index (χ2n) is 5.68. The molecular weight excluding hydrogens is 320 g/mol. The third-order valence-electron chi connectivity index (χ3n) is 4.07. The summed E-state index contributed by atoms with van der Waals surface area (Å²) in [4.78, 5) is 27.6. The van der Waals surface area contributed by atoms with E-state index in [1.54, 1.807) is 18.2 Å². The van der Waals surface area contributed by atoms with Crippen LogP contribution < -0.4 is 11.1 Å². The molecule has 1 aliphatic rings. The Morgan fingerprint density at radius 1 is 1.39 bits per heavy atom. The van der Waals surface area contributed by atoms with Gasteiger partial charge in [0, 0.05) is 41.1 Å². The van der Waals surface area contributed by atoms with E-state index in [4.69, 9.17) is 22.4 Å². The number of piperidine rings is 1. The molecular formula is C15H17ClN4O3. The van der Waals surface area contributed by atoms with Crippen molar-refractivity contribution in [2.24, 2.45) is 5.73 Å². The lowest BCUT2D eigenvalue weighted by atomic mass is 10.0. The minimum Gasteiger partial charge on any atom is -0.465 e. The predicted octanol–water partition coefficient (Wildman–Crippen LogP) is 1.63. The molecule has 2 amide bonds. The summed E-state index contributed by atoms with van der Waals surface area (Å²) < 4.78 is 0. The number of rotatable bonds is 2. The fourth-order valence-corrected chi connectivity index (χ4v) is 2.99. The van der Waals surface area contributed by atoms with Gasteiger partial charge in [-0.1, -0.05) is 11.6 Å². The zero-order valence-corrected chi connectivity index (χ0v) is 13.0. The van der Waals surface area contributed by atoms with E-state index in [0.29, 0.717) is 23.7 Å². The highest BCUT2D eigenvalue weighted by Crippen LogP contribution is 2.20. The fraction of sp³-hybridized carbons (Fsp3) is 0.333. The molecule has 2 aromatic rings. The standard InChI is InChI=1S/C15H17ClN4O3/c16-9-1-2-11-8(5-9)6-13(18-11)14(21)19-12-3-4-20(15(22)23)7-10(12)17/h1-2,5-6,10,12,18H,3-4,7,17H2,(H,19,21)(H,22,23). The number of halogens is 1. The van der Waals surface area contributed by atoms with E-state index in [2.05, 4.69) is 10.3 Å². The molecule has 1 aliphatic heterocycles. The molecule has 2 unspecified atom stereocenters. The zero-order chi connectivity index (χ0) is 16.6. The van der Waals surface area contributed by atoms with E-state index in [0.717, 1.165) is 10.9 Å². The Hall–Kier alpha value is -2.25. The molecule has 7 nitrogen and oxygen atoms in total. The average molecular weight is 337 g/mol. The van der Waals surface area contributed by atoms with Crippen LogP contribution in [0.3, 0.4) is 0 Å². The lowest BCUT2D eigenvalue weighted by molar-refractivity contribution is 0.0886. The molecule has 1 aromatic carbocycles. The molecule has 1 saturated heterocycles. The van der Waals surface area contributed by atoms with Gasteiger partial charge in [-0.15, -0.1) is 0 Å². The van der Waals surface area contributed by atoms with Crippen molar-refractivity contribution in [1.29, 1.82) is 0 Å². The van der Waals surface area contributed by atoms with Crippen LogP contribution in [-0.2, 0) is 0 Å². The number of likely N-dealkylation sites (tertiary alicyclic amines) is 1. The number of carboxylic acid groups (broad SMARTS) is 1. The van der Waals surface area contributed by atoms with Crippen molar-refractivity contribution in [1.82, 2.24) is 15.2 Å². The van der Waals surface area contributed by atoms with Gasteiger partial charge in [-0.3, -0.25) is 4.79 Å². The maximum Gasteiger partial charge on any atom is 0.407 e. The molecule has 1 fully saturated rings. The Kier molecular flexibility index (Phi) is 4.14. The summed E-state index contributed by atoms with van der Waals surface area (Å²) in [5.74, 6) is -0.262. The molecule has 122 valence electrons. The van der Waals surface area contributed by atoms with Crippen molar-refractivity contribution in [2.45, 2.75) is 18.5 Å².